The molecular formula is C9H10BrN3. The molecule has 0 fully saturated rings. The molecule has 68 valence electrons. The van der Waals surface area contributed by atoms with E-state index in [1.165, 1.54) is 0 Å². The molecule has 4 heteroatoms. The summed E-state index contributed by atoms with van der Waals surface area (Å²) in [6.07, 6.45) is 0. The molecule has 0 aliphatic rings. The Morgan fingerprint density at radius 3 is 3.00 bits per heavy atom. The molecule has 0 spiro atoms. The fourth-order valence-corrected chi connectivity index (χ4v) is 1.71. The van der Waals surface area contributed by atoms with E-state index < -0.39 is 0 Å². The van der Waals surface area contributed by atoms with Gasteiger partial charge in [0, 0.05) is 15.9 Å². The third-order valence-corrected chi connectivity index (χ3v) is 2.49. The molecule has 1 aromatic carbocycles. The first kappa shape index (κ1) is 8.72. The average Bonchev–Trinajstić information content (AvgIpc) is 2.46. The van der Waals surface area contributed by atoms with Gasteiger partial charge in [0.25, 0.3) is 0 Å². The van der Waals surface area contributed by atoms with Crippen LogP contribution < -0.4 is 5.73 Å². The van der Waals surface area contributed by atoms with E-state index in [2.05, 4.69) is 26.1 Å². The number of H-pyrrole nitrogens is 1. The van der Waals surface area contributed by atoms with E-state index in [0.717, 1.165) is 21.1 Å². The van der Waals surface area contributed by atoms with Crippen molar-refractivity contribution in [1.29, 1.82) is 0 Å². The molecule has 0 saturated carbocycles. The molecule has 3 nitrogen and oxygen atoms in total. The second kappa shape index (κ2) is 3.12. The summed E-state index contributed by atoms with van der Waals surface area (Å²) in [7, 11) is 0. The maximum atomic E-state index is 5.79. The number of nitrogens with zero attached hydrogens (tertiary/aromatic N) is 1. The van der Waals surface area contributed by atoms with E-state index >= 15 is 0 Å². The van der Waals surface area contributed by atoms with E-state index in [1.54, 1.807) is 0 Å². The molecule has 2 rings (SSSR count). The van der Waals surface area contributed by atoms with Crippen molar-refractivity contribution in [3.05, 3.63) is 28.4 Å². The zero-order valence-electron chi connectivity index (χ0n) is 7.21. The zero-order chi connectivity index (χ0) is 9.42. The summed E-state index contributed by atoms with van der Waals surface area (Å²) in [5, 5.41) is 8.19. The number of halogens is 1. The van der Waals surface area contributed by atoms with Crippen LogP contribution in [0.15, 0.2) is 22.7 Å². The quantitative estimate of drug-likeness (QED) is 0.803. The van der Waals surface area contributed by atoms with Crippen LogP contribution in [0.5, 0.6) is 0 Å². The normalized spacial score (nSPS) is 13.5. The van der Waals surface area contributed by atoms with Crippen LogP contribution in [0.2, 0.25) is 0 Å². The van der Waals surface area contributed by atoms with E-state index in [9.17, 15) is 0 Å². The summed E-state index contributed by atoms with van der Waals surface area (Å²) >= 11 is 3.42. The number of hydrogen-bond donors (Lipinski definition) is 2. The lowest BCUT2D eigenvalue weighted by Gasteiger charge is -2.01. The first-order chi connectivity index (χ1) is 6.18. The summed E-state index contributed by atoms with van der Waals surface area (Å²) in [5.41, 5.74) is 7.72. The Morgan fingerprint density at radius 2 is 2.31 bits per heavy atom. The molecule has 1 heterocycles. The Bertz CT molecular complexity index is 433. The van der Waals surface area contributed by atoms with Crippen molar-refractivity contribution >= 4 is 26.8 Å². The SMILES string of the molecule is CC(N)c1[nH]nc2ccc(Br)cc12. The maximum absolute atomic E-state index is 5.79. The first-order valence-electron chi connectivity index (χ1n) is 4.07. The highest BCUT2D eigenvalue weighted by Crippen LogP contribution is 2.23. The van der Waals surface area contributed by atoms with Crippen molar-refractivity contribution in [2.24, 2.45) is 5.73 Å². The zero-order valence-corrected chi connectivity index (χ0v) is 8.80. The lowest BCUT2D eigenvalue weighted by molar-refractivity contribution is 0.779. The molecule has 1 aromatic heterocycles. The number of rotatable bonds is 1. The molecule has 2 aromatic rings. The Balaban J connectivity index is 2.71. The lowest BCUT2D eigenvalue weighted by Crippen LogP contribution is -2.05. The molecule has 0 bridgehead atoms. The minimum absolute atomic E-state index is 0.0145. The van der Waals surface area contributed by atoms with Crippen molar-refractivity contribution in [3.8, 4) is 0 Å². The number of nitrogens with two attached hydrogens (primary N) is 1. The van der Waals surface area contributed by atoms with Crippen molar-refractivity contribution in [1.82, 2.24) is 10.2 Å². The van der Waals surface area contributed by atoms with Gasteiger partial charge in [0.2, 0.25) is 0 Å². The van der Waals surface area contributed by atoms with Gasteiger partial charge in [-0.05, 0) is 25.1 Å². The highest BCUT2D eigenvalue weighted by Gasteiger charge is 2.08. The van der Waals surface area contributed by atoms with Gasteiger partial charge in [-0.1, -0.05) is 15.9 Å². The van der Waals surface area contributed by atoms with Gasteiger partial charge in [0.05, 0.1) is 11.2 Å². The van der Waals surface area contributed by atoms with Crippen LogP contribution in [0, 0.1) is 0 Å². The minimum Gasteiger partial charge on any atom is -0.323 e. The second-order valence-electron chi connectivity index (χ2n) is 3.09. The van der Waals surface area contributed by atoms with Crippen LogP contribution in [0.25, 0.3) is 10.9 Å². The van der Waals surface area contributed by atoms with Crippen LogP contribution in [0.3, 0.4) is 0 Å². The van der Waals surface area contributed by atoms with Gasteiger partial charge in [-0.3, -0.25) is 5.10 Å². The van der Waals surface area contributed by atoms with E-state index in [0.29, 0.717) is 0 Å². The van der Waals surface area contributed by atoms with Crippen LogP contribution in [0.1, 0.15) is 18.7 Å². The fourth-order valence-electron chi connectivity index (χ4n) is 1.35. The van der Waals surface area contributed by atoms with E-state index in [4.69, 9.17) is 5.73 Å². The van der Waals surface area contributed by atoms with Crippen molar-refractivity contribution in [2.45, 2.75) is 13.0 Å². The van der Waals surface area contributed by atoms with Crippen molar-refractivity contribution < 1.29 is 0 Å². The van der Waals surface area contributed by atoms with Crippen LogP contribution in [-0.2, 0) is 0 Å². The van der Waals surface area contributed by atoms with Gasteiger partial charge in [-0.25, -0.2) is 0 Å². The summed E-state index contributed by atoms with van der Waals surface area (Å²) in [6, 6.07) is 5.94. The standard InChI is InChI=1S/C9H10BrN3/c1-5(11)9-7-4-6(10)2-3-8(7)12-13-9/h2-5H,11H2,1H3,(H,12,13). The summed E-state index contributed by atoms with van der Waals surface area (Å²) in [6.45, 7) is 1.94. The summed E-state index contributed by atoms with van der Waals surface area (Å²) < 4.78 is 1.04. The summed E-state index contributed by atoms with van der Waals surface area (Å²) in [4.78, 5) is 0. The lowest BCUT2D eigenvalue weighted by atomic mass is 10.1. The molecule has 0 amide bonds. The predicted molar refractivity (Wildman–Crippen MR) is 56.4 cm³/mol. The molecule has 1 atom stereocenters. The topological polar surface area (TPSA) is 54.7 Å². The molecule has 13 heavy (non-hydrogen) atoms. The van der Waals surface area contributed by atoms with E-state index in [1.807, 2.05) is 25.1 Å². The van der Waals surface area contributed by atoms with Crippen molar-refractivity contribution in [2.75, 3.05) is 0 Å². The summed E-state index contributed by atoms with van der Waals surface area (Å²) in [5.74, 6) is 0. The number of fused-ring (bicyclic) bond motifs is 1. The molecule has 0 aliphatic heterocycles. The van der Waals surface area contributed by atoms with Gasteiger partial charge in [-0.15, -0.1) is 0 Å². The predicted octanol–water partition coefficient (Wildman–Crippen LogP) is 2.35. The molecule has 0 aliphatic carbocycles. The van der Waals surface area contributed by atoms with Gasteiger partial charge in [-0.2, -0.15) is 5.10 Å². The van der Waals surface area contributed by atoms with Crippen LogP contribution >= 0.6 is 15.9 Å². The number of benzene rings is 1. The molecule has 3 N–H and O–H groups in total. The van der Waals surface area contributed by atoms with Gasteiger partial charge >= 0.3 is 0 Å². The number of aromatic nitrogens is 2. The average molecular weight is 240 g/mol. The highest BCUT2D eigenvalue weighted by molar-refractivity contribution is 9.10. The number of aromatic amines is 1. The number of nitrogens with one attached hydrogen (secondary N) is 1. The third kappa shape index (κ3) is 1.47. The Morgan fingerprint density at radius 1 is 1.54 bits per heavy atom. The molecule has 1 unspecified atom stereocenters. The largest absolute Gasteiger partial charge is 0.323 e. The van der Waals surface area contributed by atoms with Gasteiger partial charge in [0.1, 0.15) is 0 Å². The van der Waals surface area contributed by atoms with Gasteiger partial charge < -0.3 is 5.73 Å². The van der Waals surface area contributed by atoms with Gasteiger partial charge in [0.15, 0.2) is 0 Å². The molecule has 0 saturated heterocycles. The van der Waals surface area contributed by atoms with Crippen molar-refractivity contribution in [3.63, 3.8) is 0 Å². The highest BCUT2D eigenvalue weighted by atomic mass is 79.9. The molecular weight excluding hydrogens is 230 g/mol. The minimum atomic E-state index is -0.0145. The Labute approximate surface area is 84.4 Å². The maximum Gasteiger partial charge on any atom is 0.0925 e. The third-order valence-electron chi connectivity index (χ3n) is 2.00. The first-order valence-corrected chi connectivity index (χ1v) is 4.87. The van der Waals surface area contributed by atoms with Crippen LogP contribution in [0.4, 0.5) is 0 Å². The smallest absolute Gasteiger partial charge is 0.0925 e. The number of hydrogen-bond acceptors (Lipinski definition) is 2. The Hall–Kier alpha value is -0.870. The fraction of sp³-hybridized carbons (Fsp3) is 0.222. The van der Waals surface area contributed by atoms with Crippen LogP contribution in [-0.4, -0.2) is 10.2 Å². The Kier molecular flexibility index (Phi) is 2.09. The molecule has 0 radical (unpaired) electrons. The second-order valence-corrected chi connectivity index (χ2v) is 4.00. The monoisotopic (exact) mass is 239 g/mol. The van der Waals surface area contributed by atoms with E-state index in [-0.39, 0.29) is 6.04 Å².